The summed E-state index contributed by atoms with van der Waals surface area (Å²) in [6, 6.07) is 0. The summed E-state index contributed by atoms with van der Waals surface area (Å²) in [6.07, 6.45) is 4.68. The summed E-state index contributed by atoms with van der Waals surface area (Å²) in [5.41, 5.74) is 0. The van der Waals surface area contributed by atoms with Crippen LogP contribution in [-0.2, 0) is 4.79 Å². The molecule has 0 aromatic rings. The van der Waals surface area contributed by atoms with Crippen molar-refractivity contribution in [2.24, 2.45) is 5.92 Å². The van der Waals surface area contributed by atoms with Gasteiger partial charge in [-0.05, 0) is 12.8 Å². The van der Waals surface area contributed by atoms with E-state index in [0.29, 0.717) is 5.92 Å². The molecule has 0 aromatic carbocycles. The smallest absolute Gasteiger partial charge is 0.232 e. The quantitative estimate of drug-likeness (QED) is 0.560. The van der Waals surface area contributed by atoms with E-state index in [1.165, 1.54) is 12.8 Å². The van der Waals surface area contributed by atoms with Crippen molar-refractivity contribution < 1.29 is 4.79 Å². The van der Waals surface area contributed by atoms with Crippen LogP contribution in [0.2, 0.25) is 6.82 Å². The Morgan fingerprint density at radius 1 is 1.50 bits per heavy atom. The van der Waals surface area contributed by atoms with Crippen LogP contribution >= 0.6 is 0 Å². The Labute approximate surface area is 62.6 Å². The van der Waals surface area contributed by atoms with Crippen LogP contribution in [0.1, 0.15) is 25.7 Å². The van der Waals surface area contributed by atoms with Gasteiger partial charge in [0.25, 0.3) is 0 Å². The Bertz CT molecular complexity index is 121. The number of hydrogen-bond donors (Lipinski definition) is 1. The lowest BCUT2D eigenvalue weighted by molar-refractivity contribution is -0.123. The molecule has 0 aromatic heterocycles. The summed E-state index contributed by atoms with van der Waals surface area (Å²) in [6.45, 7) is 1.97. The molecule has 0 bridgehead atoms. The number of carbonyl (C=O) groups excluding carboxylic acids is 1. The molecule has 0 spiro atoms. The minimum absolute atomic E-state index is 0.264. The molecular weight excluding hydrogens is 125 g/mol. The lowest BCUT2D eigenvalue weighted by Crippen LogP contribution is -2.30. The molecule has 0 atom stereocenters. The first-order chi connectivity index (χ1) is 4.84. The molecule has 0 radical (unpaired) electrons. The van der Waals surface area contributed by atoms with Gasteiger partial charge in [0, 0.05) is 5.92 Å². The fourth-order valence-electron chi connectivity index (χ4n) is 1.51. The Balaban J connectivity index is 2.25. The second kappa shape index (κ2) is 3.64. The molecule has 2 nitrogen and oxygen atoms in total. The lowest BCUT2D eigenvalue weighted by Gasteiger charge is -2.06. The van der Waals surface area contributed by atoms with Crippen molar-refractivity contribution in [2.45, 2.75) is 32.5 Å². The number of rotatable bonds is 2. The van der Waals surface area contributed by atoms with Crippen LogP contribution in [-0.4, -0.2) is 13.3 Å². The minimum Gasteiger partial charge on any atom is -0.403 e. The van der Waals surface area contributed by atoms with Crippen LogP contribution in [0.5, 0.6) is 0 Å². The second-order valence-corrected chi connectivity index (χ2v) is 2.88. The van der Waals surface area contributed by atoms with Crippen LogP contribution in [0.25, 0.3) is 0 Å². The molecule has 1 fully saturated rings. The highest BCUT2D eigenvalue weighted by Crippen LogP contribution is 2.24. The van der Waals surface area contributed by atoms with E-state index in [4.69, 9.17) is 0 Å². The highest BCUT2D eigenvalue weighted by atomic mass is 16.1. The first kappa shape index (κ1) is 7.64. The van der Waals surface area contributed by atoms with Crippen molar-refractivity contribution in [2.75, 3.05) is 0 Å². The SMILES string of the molecule is CBNC(=O)C1CCCC1. The topological polar surface area (TPSA) is 29.1 Å². The molecule has 0 unspecified atom stereocenters. The maximum absolute atomic E-state index is 11.1. The molecule has 1 rings (SSSR count). The van der Waals surface area contributed by atoms with Gasteiger partial charge in [-0.15, -0.1) is 0 Å². The standard InChI is InChI=1S/C7H14BNO/c1-8-9-7(10)6-4-2-3-5-6/h6,8H,2-5H2,1H3,(H,9,10). The lowest BCUT2D eigenvalue weighted by atomic mass is 9.97. The number of hydrogen-bond acceptors (Lipinski definition) is 1. The van der Waals surface area contributed by atoms with Crippen molar-refractivity contribution in [1.29, 1.82) is 0 Å². The van der Waals surface area contributed by atoms with Crippen molar-refractivity contribution in [3.63, 3.8) is 0 Å². The summed E-state index contributed by atoms with van der Waals surface area (Å²) in [4.78, 5) is 11.1. The molecule has 0 aliphatic heterocycles. The first-order valence-electron chi connectivity index (χ1n) is 4.12. The third kappa shape index (κ3) is 1.76. The van der Waals surface area contributed by atoms with Gasteiger partial charge in [-0.3, -0.25) is 4.79 Å². The molecule has 1 N–H and O–H groups in total. The highest BCUT2D eigenvalue weighted by molar-refractivity contribution is 6.35. The van der Waals surface area contributed by atoms with Crippen molar-refractivity contribution >= 4 is 13.3 Å². The van der Waals surface area contributed by atoms with Gasteiger partial charge in [0.15, 0.2) is 0 Å². The molecular formula is C7H14BNO. The third-order valence-electron chi connectivity index (χ3n) is 2.08. The van der Waals surface area contributed by atoms with E-state index in [-0.39, 0.29) is 5.91 Å². The molecule has 0 saturated heterocycles. The molecule has 56 valence electrons. The maximum Gasteiger partial charge on any atom is 0.232 e. The molecule has 1 saturated carbocycles. The molecule has 1 aliphatic carbocycles. The van der Waals surface area contributed by atoms with E-state index in [0.717, 1.165) is 20.3 Å². The van der Waals surface area contributed by atoms with Crippen LogP contribution in [0.4, 0.5) is 0 Å². The Morgan fingerprint density at radius 2 is 2.10 bits per heavy atom. The second-order valence-electron chi connectivity index (χ2n) is 2.88. The minimum atomic E-state index is 0.264. The van der Waals surface area contributed by atoms with E-state index in [2.05, 4.69) is 5.23 Å². The van der Waals surface area contributed by atoms with Crippen molar-refractivity contribution in [3.8, 4) is 0 Å². The van der Waals surface area contributed by atoms with Gasteiger partial charge < -0.3 is 5.23 Å². The zero-order chi connectivity index (χ0) is 7.40. The fourth-order valence-corrected chi connectivity index (χ4v) is 1.51. The summed E-state index contributed by atoms with van der Waals surface area (Å²) >= 11 is 0. The van der Waals surface area contributed by atoms with Gasteiger partial charge in [-0.1, -0.05) is 19.7 Å². The van der Waals surface area contributed by atoms with E-state index < -0.39 is 0 Å². The van der Waals surface area contributed by atoms with Crippen LogP contribution in [0.3, 0.4) is 0 Å². The van der Waals surface area contributed by atoms with E-state index in [9.17, 15) is 4.79 Å². The Morgan fingerprint density at radius 3 is 2.60 bits per heavy atom. The van der Waals surface area contributed by atoms with Crippen LogP contribution < -0.4 is 5.23 Å². The average molecular weight is 139 g/mol. The van der Waals surface area contributed by atoms with Gasteiger partial charge in [0.05, 0.1) is 0 Å². The Kier molecular flexibility index (Phi) is 2.78. The van der Waals surface area contributed by atoms with Gasteiger partial charge in [0.1, 0.15) is 0 Å². The normalized spacial score (nSPS) is 18.9. The highest BCUT2D eigenvalue weighted by Gasteiger charge is 2.21. The number of carbonyl (C=O) groups is 1. The third-order valence-corrected chi connectivity index (χ3v) is 2.08. The predicted molar refractivity (Wildman–Crippen MR) is 43.1 cm³/mol. The first-order valence-corrected chi connectivity index (χ1v) is 4.12. The molecule has 1 amide bonds. The fraction of sp³-hybridized carbons (Fsp3) is 0.857. The molecule has 3 heteroatoms. The van der Waals surface area contributed by atoms with Crippen LogP contribution in [0.15, 0.2) is 0 Å². The van der Waals surface area contributed by atoms with E-state index in [1.807, 2.05) is 6.82 Å². The summed E-state index contributed by atoms with van der Waals surface area (Å²) in [7, 11) is 0.773. The molecule has 10 heavy (non-hydrogen) atoms. The van der Waals surface area contributed by atoms with Crippen molar-refractivity contribution in [1.82, 2.24) is 5.23 Å². The summed E-state index contributed by atoms with van der Waals surface area (Å²) in [5, 5.41) is 2.85. The largest absolute Gasteiger partial charge is 0.403 e. The number of amides is 1. The average Bonchev–Trinajstić information content (AvgIpc) is 2.38. The van der Waals surface area contributed by atoms with Gasteiger partial charge in [0.2, 0.25) is 13.3 Å². The zero-order valence-electron chi connectivity index (χ0n) is 6.52. The van der Waals surface area contributed by atoms with Gasteiger partial charge >= 0.3 is 0 Å². The van der Waals surface area contributed by atoms with Crippen molar-refractivity contribution in [3.05, 3.63) is 0 Å². The van der Waals surface area contributed by atoms with Gasteiger partial charge in [-0.2, -0.15) is 0 Å². The van der Waals surface area contributed by atoms with E-state index in [1.54, 1.807) is 0 Å². The number of nitrogens with one attached hydrogen (secondary N) is 1. The predicted octanol–water partition coefficient (Wildman–Crippen LogP) is 0.692. The summed E-state index contributed by atoms with van der Waals surface area (Å²) in [5.74, 6) is 0.597. The monoisotopic (exact) mass is 139 g/mol. The molecule has 1 aliphatic rings. The molecule has 0 heterocycles. The maximum atomic E-state index is 11.1. The van der Waals surface area contributed by atoms with Gasteiger partial charge in [-0.25, -0.2) is 0 Å². The summed E-state index contributed by atoms with van der Waals surface area (Å²) < 4.78 is 0. The Hall–Kier alpha value is -0.465. The zero-order valence-corrected chi connectivity index (χ0v) is 6.52. The van der Waals surface area contributed by atoms with E-state index >= 15 is 0 Å². The van der Waals surface area contributed by atoms with Crippen LogP contribution in [0, 0.1) is 5.92 Å².